The van der Waals surface area contributed by atoms with Crippen LogP contribution in [-0.4, -0.2) is 61.6 Å². The fraction of sp³-hybridized carbons (Fsp3) is 0.455. The Bertz CT molecular complexity index is 1260. The summed E-state index contributed by atoms with van der Waals surface area (Å²) in [5, 5.41) is 17.8. The summed E-state index contributed by atoms with van der Waals surface area (Å²) in [5.74, 6) is -2.42. The molecule has 0 spiro atoms. The summed E-state index contributed by atoms with van der Waals surface area (Å²) in [4.78, 5) is 15.3. The van der Waals surface area contributed by atoms with E-state index in [4.69, 9.17) is 0 Å². The molecule has 0 fully saturated rings. The second-order valence-corrected chi connectivity index (χ2v) is 9.04. The van der Waals surface area contributed by atoms with Gasteiger partial charge in [-0.25, -0.2) is 13.8 Å². The highest BCUT2D eigenvalue weighted by atomic mass is 19.4. The van der Waals surface area contributed by atoms with Crippen LogP contribution in [0.5, 0.6) is 0 Å². The Kier molecular flexibility index (Phi) is 5.73. The lowest BCUT2D eigenvalue weighted by molar-refractivity contribution is -0.141. The Morgan fingerprint density at radius 3 is 2.64 bits per heavy atom. The molecule has 0 aromatic carbocycles. The van der Waals surface area contributed by atoms with E-state index >= 15 is 0 Å². The van der Waals surface area contributed by atoms with E-state index in [1.165, 1.54) is 11.0 Å². The van der Waals surface area contributed by atoms with Gasteiger partial charge in [0.2, 0.25) is 5.95 Å². The molecule has 1 unspecified atom stereocenters. The summed E-state index contributed by atoms with van der Waals surface area (Å²) in [6.07, 6.45) is -1.73. The first kappa shape index (κ1) is 24.2. The number of anilines is 3. The second-order valence-electron chi connectivity index (χ2n) is 9.04. The predicted molar refractivity (Wildman–Crippen MR) is 120 cm³/mol. The number of nitrogens with zero attached hydrogens (tertiary/aromatic N) is 7. The van der Waals surface area contributed by atoms with E-state index in [1.807, 2.05) is 0 Å². The van der Waals surface area contributed by atoms with Gasteiger partial charge >= 0.3 is 6.18 Å². The number of aromatic nitrogens is 5. The molecule has 2 aliphatic rings. The molecule has 36 heavy (non-hydrogen) atoms. The van der Waals surface area contributed by atoms with Gasteiger partial charge in [0.15, 0.2) is 5.82 Å². The highest BCUT2D eigenvalue weighted by Crippen LogP contribution is 2.44. The first-order chi connectivity index (χ1) is 16.9. The van der Waals surface area contributed by atoms with E-state index in [9.17, 15) is 27.1 Å². The molecule has 2 atom stereocenters. The lowest BCUT2D eigenvalue weighted by atomic mass is 9.99. The van der Waals surface area contributed by atoms with E-state index in [-0.39, 0.29) is 24.7 Å². The number of alkyl halides is 5. The number of likely N-dealkylation sites (N-methyl/N-ethyl adjacent to an activating group) is 1. The van der Waals surface area contributed by atoms with Gasteiger partial charge in [0, 0.05) is 31.5 Å². The Labute approximate surface area is 202 Å². The molecule has 0 radical (unpaired) electrons. The first-order valence-electron chi connectivity index (χ1n) is 11.1. The number of halogens is 5. The standard InChI is InChI=1S/C22H23F5N8O/c1-12-19(36)35-11-21(23,24)5-15-17(35)18(33(12)2)32-20(31-15)29-7-14-8-30-34(10-14)9-13-3-4-16(28-6-13)22(25,26)27/h3-4,6,8,10,12,19,36H,5,7,9,11H2,1-2H3,(H,29,31,32)/t12-,19?/m0/s1. The van der Waals surface area contributed by atoms with Crippen LogP contribution in [0.2, 0.25) is 0 Å². The maximum Gasteiger partial charge on any atom is 0.433 e. The number of aliphatic hydroxyl groups is 1. The lowest BCUT2D eigenvalue weighted by Crippen LogP contribution is -2.59. The van der Waals surface area contributed by atoms with Crippen LogP contribution in [0.15, 0.2) is 30.7 Å². The topological polar surface area (TPSA) is 95.2 Å². The molecule has 2 aliphatic heterocycles. The Hall–Kier alpha value is -3.55. The van der Waals surface area contributed by atoms with Crippen LogP contribution in [0.4, 0.5) is 39.4 Å². The normalized spacial score (nSPS) is 20.9. The van der Waals surface area contributed by atoms with Crippen molar-refractivity contribution >= 4 is 17.5 Å². The fourth-order valence-corrected chi connectivity index (χ4v) is 4.38. The van der Waals surface area contributed by atoms with Crippen molar-refractivity contribution in [2.75, 3.05) is 28.7 Å². The molecule has 3 aromatic rings. The van der Waals surface area contributed by atoms with Crippen LogP contribution in [0.3, 0.4) is 0 Å². The molecule has 9 nitrogen and oxygen atoms in total. The molecule has 2 N–H and O–H groups in total. The SMILES string of the molecule is C[C@H]1C(O)N2CC(F)(F)Cc3nc(NCc4cnn(Cc5ccc(C(F)(F)F)nc5)c4)nc(c32)N1C. The second kappa shape index (κ2) is 8.54. The fourth-order valence-electron chi connectivity index (χ4n) is 4.38. The summed E-state index contributed by atoms with van der Waals surface area (Å²) in [6.45, 7) is 1.60. The number of rotatable bonds is 5. The summed E-state index contributed by atoms with van der Waals surface area (Å²) in [6, 6.07) is 1.80. The monoisotopic (exact) mass is 510 g/mol. The van der Waals surface area contributed by atoms with E-state index in [0.29, 0.717) is 17.1 Å². The Morgan fingerprint density at radius 1 is 1.17 bits per heavy atom. The average Bonchev–Trinajstić information content (AvgIpc) is 3.25. The van der Waals surface area contributed by atoms with Gasteiger partial charge in [0.05, 0.1) is 37.4 Å². The molecule has 0 amide bonds. The summed E-state index contributed by atoms with van der Waals surface area (Å²) in [7, 11) is 1.74. The zero-order valence-corrected chi connectivity index (χ0v) is 19.3. The van der Waals surface area contributed by atoms with Crippen molar-refractivity contribution in [2.45, 2.75) is 50.8 Å². The summed E-state index contributed by atoms with van der Waals surface area (Å²) >= 11 is 0. The summed E-state index contributed by atoms with van der Waals surface area (Å²) in [5.41, 5.74) is 0.886. The maximum atomic E-state index is 14.4. The minimum absolute atomic E-state index is 0.155. The number of nitrogens with one attached hydrogen (secondary N) is 1. The highest BCUT2D eigenvalue weighted by Gasteiger charge is 2.47. The number of hydrogen-bond donors (Lipinski definition) is 2. The molecule has 5 rings (SSSR count). The van der Waals surface area contributed by atoms with Crippen LogP contribution in [0.1, 0.15) is 29.4 Å². The van der Waals surface area contributed by atoms with E-state index in [2.05, 4.69) is 25.4 Å². The van der Waals surface area contributed by atoms with Crippen LogP contribution in [0.25, 0.3) is 0 Å². The van der Waals surface area contributed by atoms with Gasteiger partial charge in [-0.05, 0) is 18.6 Å². The van der Waals surface area contributed by atoms with Crippen molar-refractivity contribution in [3.05, 3.63) is 53.2 Å². The predicted octanol–water partition coefficient (Wildman–Crippen LogP) is 2.90. The van der Waals surface area contributed by atoms with E-state index in [0.717, 1.165) is 17.8 Å². The minimum Gasteiger partial charge on any atom is -0.371 e. The molecule has 3 aromatic heterocycles. The van der Waals surface area contributed by atoms with Gasteiger partial charge < -0.3 is 20.2 Å². The van der Waals surface area contributed by atoms with Gasteiger partial charge in [0.1, 0.15) is 17.6 Å². The van der Waals surface area contributed by atoms with E-state index in [1.54, 1.807) is 35.9 Å². The molecule has 192 valence electrons. The van der Waals surface area contributed by atoms with Gasteiger partial charge in [-0.3, -0.25) is 9.67 Å². The third-order valence-electron chi connectivity index (χ3n) is 6.35. The number of pyridine rings is 1. The molecular formula is C22H23F5N8O. The third kappa shape index (κ3) is 4.52. The average molecular weight is 510 g/mol. The van der Waals surface area contributed by atoms with Crippen molar-refractivity contribution in [3.63, 3.8) is 0 Å². The summed E-state index contributed by atoms with van der Waals surface area (Å²) < 4.78 is 68.4. The molecule has 5 heterocycles. The van der Waals surface area contributed by atoms with Gasteiger partial charge in [-0.15, -0.1) is 0 Å². The lowest BCUT2D eigenvalue weighted by Gasteiger charge is -2.48. The van der Waals surface area contributed by atoms with Crippen LogP contribution in [-0.2, 0) is 25.7 Å². The minimum atomic E-state index is -4.50. The third-order valence-corrected chi connectivity index (χ3v) is 6.35. The van der Waals surface area contributed by atoms with Crippen molar-refractivity contribution in [1.82, 2.24) is 24.7 Å². The van der Waals surface area contributed by atoms with Gasteiger partial charge in [-0.1, -0.05) is 6.07 Å². The maximum absolute atomic E-state index is 14.4. The largest absolute Gasteiger partial charge is 0.433 e. The van der Waals surface area contributed by atoms with Crippen LogP contribution < -0.4 is 15.1 Å². The molecule has 14 heteroatoms. The van der Waals surface area contributed by atoms with Crippen molar-refractivity contribution in [2.24, 2.45) is 0 Å². The van der Waals surface area contributed by atoms with Crippen molar-refractivity contribution in [3.8, 4) is 0 Å². The van der Waals surface area contributed by atoms with Crippen molar-refractivity contribution in [1.29, 1.82) is 0 Å². The highest BCUT2D eigenvalue weighted by molar-refractivity contribution is 5.75. The molecule has 0 saturated heterocycles. The first-order valence-corrected chi connectivity index (χ1v) is 11.1. The Balaban J connectivity index is 1.31. The van der Waals surface area contributed by atoms with Crippen molar-refractivity contribution < 1.29 is 27.1 Å². The molecule has 0 aliphatic carbocycles. The number of hydrogen-bond acceptors (Lipinski definition) is 8. The molecule has 0 bridgehead atoms. The smallest absolute Gasteiger partial charge is 0.371 e. The van der Waals surface area contributed by atoms with Crippen LogP contribution >= 0.6 is 0 Å². The van der Waals surface area contributed by atoms with Gasteiger partial charge in [-0.2, -0.15) is 23.3 Å². The zero-order chi connectivity index (χ0) is 25.8. The number of aliphatic hydroxyl groups excluding tert-OH is 1. The Morgan fingerprint density at radius 2 is 1.94 bits per heavy atom. The van der Waals surface area contributed by atoms with Crippen LogP contribution in [0, 0.1) is 0 Å². The van der Waals surface area contributed by atoms with E-state index < -0.39 is 43.0 Å². The quantitative estimate of drug-likeness (QED) is 0.506. The van der Waals surface area contributed by atoms with Gasteiger partial charge in [0.25, 0.3) is 5.92 Å². The molecular weight excluding hydrogens is 487 g/mol. The molecule has 0 saturated carbocycles. The zero-order valence-electron chi connectivity index (χ0n) is 19.3.